The Labute approximate surface area is 160 Å². The van der Waals surface area contributed by atoms with Crippen LogP contribution in [0, 0.1) is 13.8 Å². The summed E-state index contributed by atoms with van der Waals surface area (Å²) in [5.41, 5.74) is 3.44. The molecule has 0 aliphatic heterocycles. The van der Waals surface area contributed by atoms with Crippen LogP contribution in [0.15, 0.2) is 52.4 Å². The standard InChI is InChI=1S/C18H18ClN5OS/c1-11-6-5-9-15(12(11)2)21-16-17(25)24(20)18(23-22-16)26-10-13-7-3-4-8-14(13)19/h3-9H,10,20H2,1-2H3,(H,21,22). The molecule has 0 unspecified atom stereocenters. The molecule has 0 fully saturated rings. The highest BCUT2D eigenvalue weighted by atomic mass is 35.5. The molecule has 0 bridgehead atoms. The van der Waals surface area contributed by atoms with E-state index in [-0.39, 0.29) is 5.82 Å². The fourth-order valence-electron chi connectivity index (χ4n) is 2.33. The highest BCUT2D eigenvalue weighted by Crippen LogP contribution is 2.25. The molecule has 1 aromatic heterocycles. The molecule has 6 nitrogen and oxygen atoms in total. The normalized spacial score (nSPS) is 10.7. The molecule has 134 valence electrons. The lowest BCUT2D eigenvalue weighted by Gasteiger charge is -2.12. The van der Waals surface area contributed by atoms with Gasteiger partial charge in [0.2, 0.25) is 11.0 Å². The molecule has 1 heterocycles. The first-order chi connectivity index (χ1) is 12.5. The Hall–Kier alpha value is -2.51. The number of hydrogen-bond acceptors (Lipinski definition) is 6. The van der Waals surface area contributed by atoms with Crippen LogP contribution in [-0.4, -0.2) is 14.9 Å². The van der Waals surface area contributed by atoms with Crippen molar-refractivity contribution in [3.05, 3.63) is 74.5 Å². The Morgan fingerprint density at radius 3 is 2.69 bits per heavy atom. The zero-order chi connectivity index (χ0) is 18.7. The first kappa shape index (κ1) is 18.3. The van der Waals surface area contributed by atoms with Crippen LogP contribution in [0.25, 0.3) is 0 Å². The largest absolute Gasteiger partial charge is 0.334 e. The zero-order valence-electron chi connectivity index (χ0n) is 14.4. The lowest BCUT2D eigenvalue weighted by atomic mass is 10.1. The van der Waals surface area contributed by atoms with Gasteiger partial charge in [0.25, 0.3) is 0 Å². The van der Waals surface area contributed by atoms with Crippen molar-refractivity contribution in [3.63, 3.8) is 0 Å². The van der Waals surface area contributed by atoms with E-state index in [1.807, 2.05) is 56.3 Å². The fourth-order valence-corrected chi connectivity index (χ4v) is 3.47. The molecule has 0 spiro atoms. The van der Waals surface area contributed by atoms with E-state index in [9.17, 15) is 4.79 Å². The summed E-state index contributed by atoms with van der Waals surface area (Å²) in [5, 5.41) is 12.1. The van der Waals surface area contributed by atoms with Crippen LogP contribution in [0.3, 0.4) is 0 Å². The molecule has 0 aliphatic carbocycles. The fraction of sp³-hybridized carbons (Fsp3) is 0.167. The van der Waals surface area contributed by atoms with Crippen molar-refractivity contribution in [3.8, 4) is 0 Å². The van der Waals surface area contributed by atoms with Crippen LogP contribution in [0.1, 0.15) is 16.7 Å². The number of nitrogens with one attached hydrogen (secondary N) is 1. The maximum Gasteiger partial charge on any atom is 0.315 e. The maximum atomic E-state index is 12.5. The molecule has 0 aliphatic rings. The van der Waals surface area contributed by atoms with E-state index in [0.717, 1.165) is 27.1 Å². The molecule has 3 N–H and O–H groups in total. The van der Waals surface area contributed by atoms with E-state index in [1.165, 1.54) is 11.8 Å². The Morgan fingerprint density at radius 2 is 1.92 bits per heavy atom. The lowest BCUT2D eigenvalue weighted by molar-refractivity contribution is 0.705. The minimum atomic E-state index is -0.442. The van der Waals surface area contributed by atoms with Crippen LogP contribution in [0.2, 0.25) is 5.02 Å². The van der Waals surface area contributed by atoms with Gasteiger partial charge in [-0.05, 0) is 42.7 Å². The summed E-state index contributed by atoms with van der Waals surface area (Å²) in [5.74, 6) is 6.54. The Kier molecular flexibility index (Phi) is 5.49. The van der Waals surface area contributed by atoms with Gasteiger partial charge < -0.3 is 11.2 Å². The van der Waals surface area contributed by atoms with Gasteiger partial charge in [-0.25, -0.2) is 0 Å². The van der Waals surface area contributed by atoms with Gasteiger partial charge in [0.15, 0.2) is 0 Å². The summed E-state index contributed by atoms with van der Waals surface area (Å²) in [6.45, 7) is 3.97. The van der Waals surface area contributed by atoms with Gasteiger partial charge in [-0.3, -0.25) is 4.79 Å². The van der Waals surface area contributed by atoms with Crippen molar-refractivity contribution >= 4 is 34.9 Å². The SMILES string of the molecule is Cc1cccc(Nc2nnc(SCc3ccccc3Cl)n(N)c2=O)c1C. The van der Waals surface area contributed by atoms with Gasteiger partial charge in [-0.1, -0.05) is 53.7 Å². The van der Waals surface area contributed by atoms with Crippen LogP contribution < -0.4 is 16.7 Å². The molecular formula is C18H18ClN5OS. The van der Waals surface area contributed by atoms with Crippen LogP contribution in [-0.2, 0) is 5.75 Å². The second-order valence-electron chi connectivity index (χ2n) is 5.76. The average molecular weight is 388 g/mol. The number of nitrogens with zero attached hydrogens (tertiary/aromatic N) is 3. The summed E-state index contributed by atoms with van der Waals surface area (Å²) in [6.07, 6.45) is 0. The zero-order valence-corrected chi connectivity index (χ0v) is 15.9. The van der Waals surface area contributed by atoms with Gasteiger partial charge in [0.05, 0.1) is 0 Å². The molecule has 0 amide bonds. The number of aryl methyl sites for hydroxylation is 1. The number of nitrogen functional groups attached to an aromatic ring is 1. The minimum Gasteiger partial charge on any atom is -0.334 e. The number of rotatable bonds is 5. The van der Waals surface area contributed by atoms with E-state index in [0.29, 0.717) is 15.9 Å². The van der Waals surface area contributed by atoms with Crippen molar-refractivity contribution in [1.29, 1.82) is 0 Å². The van der Waals surface area contributed by atoms with E-state index in [1.54, 1.807) is 0 Å². The number of hydrogen-bond donors (Lipinski definition) is 2. The third-order valence-electron chi connectivity index (χ3n) is 4.04. The van der Waals surface area contributed by atoms with Crippen LogP contribution >= 0.6 is 23.4 Å². The second kappa shape index (κ2) is 7.80. The number of nitrogens with two attached hydrogens (primary N) is 1. The number of aromatic nitrogens is 3. The van der Waals surface area contributed by atoms with E-state index in [4.69, 9.17) is 17.4 Å². The number of halogens is 1. The first-order valence-electron chi connectivity index (χ1n) is 7.91. The number of thioether (sulfide) groups is 1. The number of benzene rings is 2. The molecule has 8 heteroatoms. The van der Waals surface area contributed by atoms with Crippen LogP contribution in [0.4, 0.5) is 11.5 Å². The third-order valence-corrected chi connectivity index (χ3v) is 5.40. The van der Waals surface area contributed by atoms with Crippen molar-refractivity contribution in [2.24, 2.45) is 0 Å². The lowest BCUT2D eigenvalue weighted by Crippen LogP contribution is -2.32. The van der Waals surface area contributed by atoms with Crippen molar-refractivity contribution in [2.45, 2.75) is 24.8 Å². The van der Waals surface area contributed by atoms with Gasteiger partial charge in [0.1, 0.15) is 0 Å². The van der Waals surface area contributed by atoms with Crippen molar-refractivity contribution in [2.75, 3.05) is 11.2 Å². The molecule has 26 heavy (non-hydrogen) atoms. The first-order valence-corrected chi connectivity index (χ1v) is 9.28. The highest BCUT2D eigenvalue weighted by molar-refractivity contribution is 7.98. The highest BCUT2D eigenvalue weighted by Gasteiger charge is 2.13. The molecule has 0 saturated carbocycles. The summed E-state index contributed by atoms with van der Waals surface area (Å²) >= 11 is 7.45. The Bertz CT molecular complexity index is 1010. The molecule has 0 saturated heterocycles. The van der Waals surface area contributed by atoms with E-state index in [2.05, 4.69) is 15.5 Å². The molecule has 3 aromatic rings. The predicted molar refractivity (Wildman–Crippen MR) is 107 cm³/mol. The monoisotopic (exact) mass is 387 g/mol. The molecule has 3 rings (SSSR count). The van der Waals surface area contributed by atoms with Gasteiger partial charge in [-0.15, -0.1) is 10.2 Å². The van der Waals surface area contributed by atoms with Crippen molar-refractivity contribution < 1.29 is 0 Å². The summed E-state index contributed by atoms with van der Waals surface area (Å²) in [7, 11) is 0. The summed E-state index contributed by atoms with van der Waals surface area (Å²) < 4.78 is 1.00. The topological polar surface area (TPSA) is 85.8 Å². The molecule has 0 radical (unpaired) electrons. The maximum absolute atomic E-state index is 12.5. The third kappa shape index (κ3) is 3.84. The second-order valence-corrected chi connectivity index (χ2v) is 7.11. The summed E-state index contributed by atoms with van der Waals surface area (Å²) in [6, 6.07) is 13.3. The van der Waals surface area contributed by atoms with Crippen molar-refractivity contribution in [1.82, 2.24) is 14.9 Å². The summed E-state index contributed by atoms with van der Waals surface area (Å²) in [4.78, 5) is 12.5. The van der Waals surface area contributed by atoms with Crippen LogP contribution in [0.5, 0.6) is 0 Å². The van der Waals surface area contributed by atoms with Gasteiger partial charge >= 0.3 is 5.56 Å². The van der Waals surface area contributed by atoms with Gasteiger partial charge in [0, 0.05) is 16.5 Å². The predicted octanol–water partition coefficient (Wildman–Crippen LogP) is 3.66. The number of anilines is 2. The molecular weight excluding hydrogens is 370 g/mol. The molecule has 0 atom stereocenters. The smallest absolute Gasteiger partial charge is 0.315 e. The van der Waals surface area contributed by atoms with Gasteiger partial charge in [-0.2, -0.15) is 4.68 Å². The molecule has 2 aromatic carbocycles. The minimum absolute atomic E-state index is 0.0864. The quantitative estimate of drug-likeness (QED) is 0.513. The Morgan fingerprint density at radius 1 is 1.15 bits per heavy atom. The average Bonchev–Trinajstić information content (AvgIpc) is 2.63. The van der Waals surface area contributed by atoms with E-state index < -0.39 is 5.56 Å². The van der Waals surface area contributed by atoms with E-state index >= 15 is 0 Å². The Balaban J connectivity index is 1.81.